The fourth-order valence-electron chi connectivity index (χ4n) is 2.63. The molecule has 1 fully saturated rings. The molecule has 1 saturated heterocycles. The summed E-state index contributed by atoms with van der Waals surface area (Å²) < 4.78 is 6.19. The zero-order valence-electron chi connectivity index (χ0n) is 10.1. The third-order valence-electron chi connectivity index (χ3n) is 3.71. The van der Waals surface area contributed by atoms with Crippen LogP contribution in [0.1, 0.15) is 23.1 Å². The first-order chi connectivity index (χ1) is 8.11. The fourth-order valence-corrected chi connectivity index (χ4v) is 2.79. The topological polar surface area (TPSA) is 21.3 Å². The number of hydrogen-bond donors (Lipinski definition) is 1. The molecule has 1 N–H and O–H groups in total. The molecule has 2 heterocycles. The summed E-state index contributed by atoms with van der Waals surface area (Å²) in [5.41, 5.74) is 3.18. The largest absolute Gasteiger partial charge is 0.481 e. The van der Waals surface area contributed by atoms with Gasteiger partial charge in [0.2, 0.25) is 0 Å². The van der Waals surface area contributed by atoms with E-state index >= 15 is 0 Å². The Labute approximate surface area is 107 Å². The summed E-state index contributed by atoms with van der Waals surface area (Å²) in [4.78, 5) is 0. The quantitative estimate of drug-likeness (QED) is 0.763. The van der Waals surface area contributed by atoms with E-state index in [0.29, 0.717) is 0 Å². The molecule has 1 aromatic rings. The molecule has 0 saturated carbocycles. The highest BCUT2D eigenvalue weighted by Crippen LogP contribution is 2.39. The molecular weight excluding hydrogens is 234 g/mol. The molecule has 2 aliphatic rings. The summed E-state index contributed by atoms with van der Waals surface area (Å²) in [6.45, 7) is 5.98. The van der Waals surface area contributed by atoms with Gasteiger partial charge in [-0.3, -0.25) is 0 Å². The van der Waals surface area contributed by atoms with Crippen molar-refractivity contribution in [1.29, 1.82) is 0 Å². The Hall–Kier alpha value is -0.990. The number of rotatable bonds is 0. The standard InChI is InChI=1S/C14H16ClNO/c1-9-7-12-11(10(2)13(9)15)3-4-14(17-12)5-6-16-8-14/h3-4,7,16H,5-6,8H2,1-2H3. The van der Waals surface area contributed by atoms with Crippen LogP contribution < -0.4 is 10.1 Å². The van der Waals surface area contributed by atoms with E-state index in [1.54, 1.807) is 0 Å². The SMILES string of the molecule is Cc1cc2c(c(C)c1Cl)C=CC1(CCNC1)O2. The Morgan fingerprint density at radius 1 is 1.41 bits per heavy atom. The summed E-state index contributed by atoms with van der Waals surface area (Å²) in [5, 5.41) is 4.20. The molecule has 0 aliphatic carbocycles. The van der Waals surface area contributed by atoms with Crippen LogP contribution in [0.15, 0.2) is 12.1 Å². The highest BCUT2D eigenvalue weighted by Gasteiger charge is 2.36. The normalized spacial score (nSPS) is 26.1. The van der Waals surface area contributed by atoms with Gasteiger partial charge < -0.3 is 10.1 Å². The Balaban J connectivity index is 2.09. The molecule has 1 atom stereocenters. The molecule has 90 valence electrons. The van der Waals surface area contributed by atoms with E-state index in [1.165, 1.54) is 0 Å². The van der Waals surface area contributed by atoms with Gasteiger partial charge in [-0.1, -0.05) is 17.7 Å². The van der Waals surface area contributed by atoms with Gasteiger partial charge >= 0.3 is 0 Å². The lowest BCUT2D eigenvalue weighted by molar-refractivity contribution is 0.139. The summed E-state index contributed by atoms with van der Waals surface area (Å²) in [6, 6.07) is 2.05. The van der Waals surface area contributed by atoms with E-state index in [4.69, 9.17) is 16.3 Å². The third-order valence-corrected chi connectivity index (χ3v) is 4.29. The second kappa shape index (κ2) is 3.76. The zero-order chi connectivity index (χ0) is 12.0. The Morgan fingerprint density at radius 2 is 2.24 bits per heavy atom. The van der Waals surface area contributed by atoms with Crippen molar-refractivity contribution in [3.8, 4) is 5.75 Å². The lowest BCUT2D eigenvalue weighted by Gasteiger charge is -2.31. The summed E-state index contributed by atoms with van der Waals surface area (Å²) in [7, 11) is 0. The van der Waals surface area contributed by atoms with Crippen molar-refractivity contribution in [2.45, 2.75) is 25.9 Å². The molecule has 3 heteroatoms. The van der Waals surface area contributed by atoms with Crippen molar-refractivity contribution in [3.63, 3.8) is 0 Å². The van der Waals surface area contributed by atoms with Crippen LogP contribution >= 0.6 is 11.6 Å². The number of hydrogen-bond acceptors (Lipinski definition) is 2. The van der Waals surface area contributed by atoms with Crippen LogP contribution in [0.25, 0.3) is 6.08 Å². The molecule has 1 aromatic carbocycles. The number of benzene rings is 1. The lowest BCUT2D eigenvalue weighted by atomic mass is 9.94. The minimum Gasteiger partial charge on any atom is -0.481 e. The van der Waals surface area contributed by atoms with Gasteiger partial charge in [0.25, 0.3) is 0 Å². The van der Waals surface area contributed by atoms with Gasteiger partial charge in [0.1, 0.15) is 11.4 Å². The maximum atomic E-state index is 6.26. The first-order valence-corrected chi connectivity index (χ1v) is 6.38. The molecule has 0 bridgehead atoms. The van der Waals surface area contributed by atoms with Crippen molar-refractivity contribution in [1.82, 2.24) is 5.32 Å². The third kappa shape index (κ3) is 1.67. The lowest BCUT2D eigenvalue weighted by Crippen LogP contribution is -2.37. The number of ether oxygens (including phenoxy) is 1. The van der Waals surface area contributed by atoms with Crippen molar-refractivity contribution >= 4 is 17.7 Å². The van der Waals surface area contributed by atoms with E-state index in [2.05, 4.69) is 17.5 Å². The number of nitrogens with one attached hydrogen (secondary N) is 1. The van der Waals surface area contributed by atoms with Gasteiger partial charge in [-0.05, 0) is 43.7 Å². The van der Waals surface area contributed by atoms with Gasteiger partial charge in [0.05, 0.1) is 0 Å². The molecule has 0 amide bonds. The zero-order valence-corrected chi connectivity index (χ0v) is 10.9. The number of fused-ring (bicyclic) bond motifs is 1. The molecule has 1 spiro atoms. The second-order valence-corrected chi connectivity index (χ2v) is 5.35. The second-order valence-electron chi connectivity index (χ2n) is 4.97. The van der Waals surface area contributed by atoms with Crippen LogP contribution in [0.5, 0.6) is 5.75 Å². The summed E-state index contributed by atoms with van der Waals surface area (Å²) >= 11 is 6.26. The smallest absolute Gasteiger partial charge is 0.141 e. The molecular formula is C14H16ClNO. The predicted molar refractivity (Wildman–Crippen MR) is 70.8 cm³/mol. The van der Waals surface area contributed by atoms with E-state index in [9.17, 15) is 0 Å². The van der Waals surface area contributed by atoms with Crippen molar-refractivity contribution in [2.75, 3.05) is 13.1 Å². The van der Waals surface area contributed by atoms with Gasteiger partial charge in [-0.25, -0.2) is 0 Å². The highest BCUT2D eigenvalue weighted by atomic mass is 35.5. The van der Waals surface area contributed by atoms with Gasteiger partial charge in [-0.15, -0.1) is 0 Å². The maximum Gasteiger partial charge on any atom is 0.141 e. The van der Waals surface area contributed by atoms with Crippen LogP contribution in [-0.2, 0) is 0 Å². The van der Waals surface area contributed by atoms with Crippen molar-refractivity contribution < 1.29 is 4.74 Å². The molecule has 17 heavy (non-hydrogen) atoms. The number of halogens is 1. The van der Waals surface area contributed by atoms with Crippen LogP contribution in [0.3, 0.4) is 0 Å². The molecule has 2 aliphatic heterocycles. The Morgan fingerprint density at radius 3 is 2.94 bits per heavy atom. The fraction of sp³-hybridized carbons (Fsp3) is 0.429. The monoisotopic (exact) mass is 249 g/mol. The first kappa shape index (κ1) is 11.1. The van der Waals surface area contributed by atoms with Crippen molar-refractivity contribution in [2.24, 2.45) is 0 Å². The van der Waals surface area contributed by atoms with Crippen LogP contribution in [0.2, 0.25) is 5.02 Å². The van der Waals surface area contributed by atoms with Crippen LogP contribution in [-0.4, -0.2) is 18.7 Å². The molecule has 0 radical (unpaired) electrons. The minimum absolute atomic E-state index is 0.139. The van der Waals surface area contributed by atoms with E-state index in [0.717, 1.165) is 47.0 Å². The molecule has 1 unspecified atom stereocenters. The van der Waals surface area contributed by atoms with Gasteiger partial charge in [-0.2, -0.15) is 0 Å². The van der Waals surface area contributed by atoms with Gasteiger partial charge in [0, 0.05) is 23.6 Å². The van der Waals surface area contributed by atoms with Crippen LogP contribution in [0, 0.1) is 13.8 Å². The Kier molecular flexibility index (Phi) is 2.46. The average Bonchev–Trinajstić information content (AvgIpc) is 2.74. The minimum atomic E-state index is -0.139. The first-order valence-electron chi connectivity index (χ1n) is 6.00. The Bertz CT molecular complexity index is 501. The predicted octanol–water partition coefficient (Wildman–Crippen LogP) is 3.09. The number of aryl methyl sites for hydroxylation is 1. The van der Waals surface area contributed by atoms with Crippen LogP contribution in [0.4, 0.5) is 0 Å². The van der Waals surface area contributed by atoms with E-state index in [-0.39, 0.29) is 5.60 Å². The van der Waals surface area contributed by atoms with Gasteiger partial charge in [0.15, 0.2) is 0 Å². The van der Waals surface area contributed by atoms with E-state index in [1.807, 2.05) is 19.9 Å². The molecule has 2 nitrogen and oxygen atoms in total. The molecule has 0 aromatic heterocycles. The average molecular weight is 250 g/mol. The van der Waals surface area contributed by atoms with E-state index < -0.39 is 0 Å². The van der Waals surface area contributed by atoms with Crippen molar-refractivity contribution in [3.05, 3.63) is 33.9 Å². The molecule has 3 rings (SSSR count). The summed E-state index contributed by atoms with van der Waals surface area (Å²) in [6.07, 6.45) is 5.37. The summed E-state index contributed by atoms with van der Waals surface area (Å²) in [5.74, 6) is 0.968. The highest BCUT2D eigenvalue weighted by molar-refractivity contribution is 6.32. The maximum absolute atomic E-state index is 6.26.